The van der Waals surface area contributed by atoms with Crippen molar-refractivity contribution in [2.24, 2.45) is 0 Å². The highest BCUT2D eigenvalue weighted by molar-refractivity contribution is 5.95. The van der Waals surface area contributed by atoms with Gasteiger partial charge in [-0.2, -0.15) is 0 Å². The summed E-state index contributed by atoms with van der Waals surface area (Å²) in [4.78, 5) is 22.4. The molecular weight excluding hydrogens is 336 g/mol. The van der Waals surface area contributed by atoms with Crippen LogP contribution in [0, 0.1) is 10.1 Å². The number of esters is 1. The summed E-state index contributed by atoms with van der Waals surface area (Å²) < 4.78 is 10.5. The van der Waals surface area contributed by atoms with E-state index in [4.69, 9.17) is 4.74 Å². The monoisotopic (exact) mass is 356 g/mol. The van der Waals surface area contributed by atoms with Crippen molar-refractivity contribution in [2.75, 3.05) is 19.0 Å². The Morgan fingerprint density at radius 2 is 2.04 bits per heavy atom. The van der Waals surface area contributed by atoms with Crippen LogP contribution in [0.25, 0.3) is 0 Å². The van der Waals surface area contributed by atoms with Gasteiger partial charge in [-0.25, -0.2) is 4.79 Å². The topological polar surface area (TPSA) is 90.7 Å². The number of carbonyl (C=O) groups excluding carboxylic acids is 1. The highest BCUT2D eigenvalue weighted by Crippen LogP contribution is 2.31. The number of ether oxygens (including phenoxy) is 2. The molecule has 1 N–H and O–H groups in total. The van der Waals surface area contributed by atoms with Gasteiger partial charge in [-0.3, -0.25) is 10.1 Å². The summed E-state index contributed by atoms with van der Waals surface area (Å²) in [6, 6.07) is 14.5. The van der Waals surface area contributed by atoms with Gasteiger partial charge >= 0.3 is 5.97 Å². The fourth-order valence-electron chi connectivity index (χ4n) is 3.12. The molecule has 1 saturated heterocycles. The van der Waals surface area contributed by atoms with Crippen molar-refractivity contribution in [3.05, 3.63) is 69.8 Å². The number of carbonyl (C=O) groups is 1. The molecule has 1 heterocycles. The van der Waals surface area contributed by atoms with E-state index in [1.165, 1.54) is 19.2 Å². The summed E-state index contributed by atoms with van der Waals surface area (Å²) in [6.07, 6.45) is 1.59. The Balaban J connectivity index is 1.76. The van der Waals surface area contributed by atoms with Gasteiger partial charge in [0.2, 0.25) is 0 Å². The fourth-order valence-corrected chi connectivity index (χ4v) is 3.12. The van der Waals surface area contributed by atoms with Crippen LogP contribution in [-0.4, -0.2) is 30.7 Å². The number of nitrogens with one attached hydrogen (secondary N) is 1. The highest BCUT2D eigenvalue weighted by atomic mass is 16.6. The van der Waals surface area contributed by atoms with E-state index in [0.29, 0.717) is 12.3 Å². The van der Waals surface area contributed by atoms with Crippen LogP contribution >= 0.6 is 0 Å². The molecule has 0 aromatic heterocycles. The third-order valence-electron chi connectivity index (χ3n) is 4.42. The third kappa shape index (κ3) is 4.00. The second kappa shape index (κ2) is 7.97. The molecule has 0 radical (unpaired) electrons. The van der Waals surface area contributed by atoms with Crippen LogP contribution in [0.1, 0.15) is 34.9 Å². The predicted octanol–water partition coefficient (Wildman–Crippen LogP) is 3.71. The number of hydrogen-bond acceptors (Lipinski definition) is 6. The molecule has 2 unspecified atom stereocenters. The summed E-state index contributed by atoms with van der Waals surface area (Å²) in [5.74, 6) is -0.727. The average molecular weight is 356 g/mol. The Bertz CT molecular complexity index is 794. The van der Waals surface area contributed by atoms with Crippen molar-refractivity contribution in [3.8, 4) is 0 Å². The van der Waals surface area contributed by atoms with Crippen LogP contribution in [0.5, 0.6) is 0 Å². The zero-order valence-electron chi connectivity index (χ0n) is 14.4. The summed E-state index contributed by atoms with van der Waals surface area (Å²) in [5.41, 5.74) is 1.44. The maximum Gasteiger partial charge on any atom is 0.344 e. The Hall–Kier alpha value is -2.93. The largest absolute Gasteiger partial charge is 0.465 e. The molecule has 2 atom stereocenters. The number of nitro groups is 1. The molecule has 1 fully saturated rings. The first-order valence-electron chi connectivity index (χ1n) is 8.38. The standard InChI is InChI=1S/C19H20N2O5/c1-25-19(22)16-11-14(7-8-17(16)21(23)24)20-15-9-10-26-18(12-15)13-5-3-2-4-6-13/h2-8,11,15,18,20H,9-10,12H2,1H3. The zero-order chi connectivity index (χ0) is 18.5. The van der Waals surface area contributed by atoms with E-state index in [1.54, 1.807) is 6.07 Å². The first-order valence-corrected chi connectivity index (χ1v) is 8.38. The van der Waals surface area contributed by atoms with Crippen molar-refractivity contribution in [3.63, 3.8) is 0 Å². The van der Waals surface area contributed by atoms with Gasteiger partial charge in [0.25, 0.3) is 5.69 Å². The lowest BCUT2D eigenvalue weighted by atomic mass is 9.97. The first-order chi connectivity index (χ1) is 12.6. The molecule has 1 aliphatic heterocycles. The Labute approximate surface area is 151 Å². The zero-order valence-corrected chi connectivity index (χ0v) is 14.4. The molecule has 26 heavy (non-hydrogen) atoms. The smallest absolute Gasteiger partial charge is 0.344 e. The van der Waals surface area contributed by atoms with Crippen molar-refractivity contribution < 1.29 is 19.2 Å². The number of anilines is 1. The van der Waals surface area contributed by atoms with Crippen LogP contribution in [0.15, 0.2) is 48.5 Å². The second-order valence-electron chi connectivity index (χ2n) is 6.12. The Morgan fingerprint density at radius 3 is 2.73 bits per heavy atom. The average Bonchev–Trinajstić information content (AvgIpc) is 2.68. The molecule has 3 rings (SSSR count). The number of rotatable bonds is 5. The maximum atomic E-state index is 11.8. The summed E-state index contributed by atoms with van der Waals surface area (Å²) in [5, 5.41) is 14.5. The van der Waals surface area contributed by atoms with Gasteiger partial charge in [-0.05, 0) is 30.5 Å². The molecule has 2 aromatic rings. The van der Waals surface area contributed by atoms with Crippen LogP contribution in [0.3, 0.4) is 0 Å². The summed E-state index contributed by atoms with van der Waals surface area (Å²) in [6.45, 7) is 0.619. The van der Waals surface area contributed by atoms with E-state index in [1.807, 2.05) is 30.3 Å². The molecule has 2 aromatic carbocycles. The van der Waals surface area contributed by atoms with Crippen molar-refractivity contribution in [1.82, 2.24) is 0 Å². The number of nitro benzene ring substituents is 1. The quantitative estimate of drug-likeness (QED) is 0.499. The number of benzene rings is 2. The minimum absolute atomic E-state index is 0.000533. The summed E-state index contributed by atoms with van der Waals surface area (Å²) in [7, 11) is 1.20. The van der Waals surface area contributed by atoms with Gasteiger partial charge in [0.05, 0.1) is 18.1 Å². The Morgan fingerprint density at radius 1 is 1.27 bits per heavy atom. The van der Waals surface area contributed by atoms with E-state index < -0.39 is 10.9 Å². The molecule has 1 aliphatic rings. The minimum atomic E-state index is -0.727. The molecule has 7 nitrogen and oxygen atoms in total. The number of nitrogens with zero attached hydrogens (tertiary/aromatic N) is 1. The van der Waals surface area contributed by atoms with Crippen molar-refractivity contribution in [1.29, 1.82) is 0 Å². The molecular formula is C19H20N2O5. The van der Waals surface area contributed by atoms with Crippen molar-refractivity contribution >= 4 is 17.3 Å². The fraction of sp³-hybridized carbons (Fsp3) is 0.316. The van der Waals surface area contributed by atoms with E-state index in [2.05, 4.69) is 10.1 Å². The van der Waals surface area contributed by atoms with E-state index in [9.17, 15) is 14.9 Å². The minimum Gasteiger partial charge on any atom is -0.465 e. The molecule has 0 amide bonds. The third-order valence-corrected chi connectivity index (χ3v) is 4.42. The van der Waals surface area contributed by atoms with Gasteiger partial charge < -0.3 is 14.8 Å². The van der Waals surface area contributed by atoms with Gasteiger partial charge in [-0.15, -0.1) is 0 Å². The Kier molecular flexibility index (Phi) is 5.48. The maximum absolute atomic E-state index is 11.8. The SMILES string of the molecule is COC(=O)c1cc(NC2CCOC(c3ccccc3)C2)ccc1[N+](=O)[O-]. The van der Waals surface area contributed by atoms with Crippen molar-refractivity contribution in [2.45, 2.75) is 25.0 Å². The molecule has 7 heteroatoms. The van der Waals surface area contributed by atoms with Crippen LogP contribution in [0.2, 0.25) is 0 Å². The van der Waals surface area contributed by atoms with Gasteiger partial charge in [0, 0.05) is 24.4 Å². The van der Waals surface area contributed by atoms with E-state index >= 15 is 0 Å². The predicted molar refractivity (Wildman–Crippen MR) is 96.2 cm³/mol. The highest BCUT2D eigenvalue weighted by Gasteiger charge is 2.25. The molecule has 0 spiro atoms. The summed E-state index contributed by atoms with van der Waals surface area (Å²) >= 11 is 0. The van der Waals surface area contributed by atoms with Crippen LogP contribution < -0.4 is 5.32 Å². The van der Waals surface area contributed by atoms with Crippen LogP contribution in [-0.2, 0) is 9.47 Å². The molecule has 136 valence electrons. The second-order valence-corrected chi connectivity index (χ2v) is 6.12. The van der Waals surface area contributed by atoms with Gasteiger partial charge in [0.1, 0.15) is 5.56 Å². The van der Waals surface area contributed by atoms with Gasteiger partial charge in [-0.1, -0.05) is 30.3 Å². The lowest BCUT2D eigenvalue weighted by Gasteiger charge is -2.31. The molecule has 0 bridgehead atoms. The van der Waals surface area contributed by atoms with E-state index in [0.717, 1.165) is 18.4 Å². The van der Waals surface area contributed by atoms with Crippen LogP contribution in [0.4, 0.5) is 11.4 Å². The lowest BCUT2D eigenvalue weighted by molar-refractivity contribution is -0.385. The van der Waals surface area contributed by atoms with Gasteiger partial charge in [0.15, 0.2) is 0 Å². The molecule has 0 saturated carbocycles. The number of hydrogen-bond donors (Lipinski definition) is 1. The van der Waals surface area contributed by atoms with E-state index in [-0.39, 0.29) is 23.4 Å². The lowest BCUT2D eigenvalue weighted by Crippen LogP contribution is -2.30. The number of methoxy groups -OCH3 is 1. The first kappa shape index (κ1) is 17.9. The normalized spacial score (nSPS) is 19.6. The molecule has 0 aliphatic carbocycles.